The highest BCUT2D eigenvalue weighted by Crippen LogP contribution is 2.09. The number of nitrogens with zero attached hydrogens (tertiary/aromatic N) is 1. The summed E-state index contributed by atoms with van der Waals surface area (Å²) in [7, 11) is -1.30. The van der Waals surface area contributed by atoms with E-state index < -0.39 is 10.8 Å². The standard InChI is InChI=1S/C14H16N2O3S/c1-10-3-5-12(6-4-10)15-14(17)9-20(18)8-13-7-11(2)19-16-13/h3-7H,8-9H2,1-2H3,(H,15,17)/t20-/m1/s1. The Bertz CT molecular complexity index is 620. The van der Waals surface area contributed by atoms with E-state index in [1.807, 2.05) is 31.2 Å². The molecule has 106 valence electrons. The zero-order chi connectivity index (χ0) is 14.5. The van der Waals surface area contributed by atoms with Crippen LogP contribution >= 0.6 is 0 Å². The minimum Gasteiger partial charge on any atom is -0.361 e. The zero-order valence-electron chi connectivity index (χ0n) is 11.4. The van der Waals surface area contributed by atoms with E-state index in [1.54, 1.807) is 13.0 Å². The predicted molar refractivity (Wildman–Crippen MR) is 77.8 cm³/mol. The molecule has 1 atom stereocenters. The predicted octanol–water partition coefficient (Wildman–Crippen LogP) is 2.18. The van der Waals surface area contributed by atoms with Crippen LogP contribution in [-0.2, 0) is 21.3 Å². The van der Waals surface area contributed by atoms with Crippen molar-refractivity contribution < 1.29 is 13.5 Å². The van der Waals surface area contributed by atoms with Crippen molar-refractivity contribution in [1.82, 2.24) is 5.16 Å². The van der Waals surface area contributed by atoms with Crippen molar-refractivity contribution in [3.8, 4) is 0 Å². The third-order valence-corrected chi connectivity index (χ3v) is 3.81. The molecule has 1 heterocycles. The molecule has 6 heteroatoms. The Balaban J connectivity index is 1.84. The van der Waals surface area contributed by atoms with Gasteiger partial charge >= 0.3 is 0 Å². The maximum Gasteiger partial charge on any atom is 0.237 e. The van der Waals surface area contributed by atoms with Crippen molar-refractivity contribution in [3.63, 3.8) is 0 Å². The number of aromatic nitrogens is 1. The number of hydrogen-bond donors (Lipinski definition) is 1. The molecule has 0 bridgehead atoms. The molecule has 0 radical (unpaired) electrons. The molecule has 0 saturated heterocycles. The molecule has 1 aromatic carbocycles. The van der Waals surface area contributed by atoms with E-state index in [9.17, 15) is 9.00 Å². The highest BCUT2D eigenvalue weighted by molar-refractivity contribution is 7.84. The van der Waals surface area contributed by atoms with E-state index in [4.69, 9.17) is 4.52 Å². The Morgan fingerprint density at radius 1 is 1.30 bits per heavy atom. The lowest BCUT2D eigenvalue weighted by Crippen LogP contribution is -2.20. The molecular weight excluding hydrogens is 276 g/mol. The van der Waals surface area contributed by atoms with E-state index >= 15 is 0 Å². The van der Waals surface area contributed by atoms with Crippen LogP contribution < -0.4 is 5.32 Å². The summed E-state index contributed by atoms with van der Waals surface area (Å²) in [5, 5.41) is 6.47. The monoisotopic (exact) mass is 292 g/mol. The van der Waals surface area contributed by atoms with Gasteiger partial charge in [0.05, 0.1) is 11.4 Å². The van der Waals surface area contributed by atoms with Crippen molar-refractivity contribution in [2.24, 2.45) is 0 Å². The summed E-state index contributed by atoms with van der Waals surface area (Å²) in [5.74, 6) is 0.562. The first-order valence-electron chi connectivity index (χ1n) is 6.16. The van der Waals surface area contributed by atoms with E-state index in [2.05, 4.69) is 10.5 Å². The fourth-order valence-electron chi connectivity index (χ4n) is 1.68. The van der Waals surface area contributed by atoms with Gasteiger partial charge in [0, 0.05) is 22.6 Å². The second kappa shape index (κ2) is 6.47. The lowest BCUT2D eigenvalue weighted by Gasteiger charge is -2.05. The normalized spacial score (nSPS) is 12.1. The van der Waals surface area contributed by atoms with Gasteiger partial charge in [-0.05, 0) is 26.0 Å². The summed E-state index contributed by atoms with van der Waals surface area (Å²) >= 11 is 0. The summed E-state index contributed by atoms with van der Waals surface area (Å²) in [6.45, 7) is 3.74. The van der Waals surface area contributed by atoms with Crippen molar-refractivity contribution in [3.05, 3.63) is 47.3 Å². The van der Waals surface area contributed by atoms with Gasteiger partial charge in [-0.1, -0.05) is 22.9 Å². The van der Waals surface area contributed by atoms with Crippen LogP contribution in [-0.4, -0.2) is 21.0 Å². The third kappa shape index (κ3) is 4.31. The maximum atomic E-state index is 11.8. The van der Waals surface area contributed by atoms with Crippen LogP contribution in [0.4, 0.5) is 5.69 Å². The molecule has 1 amide bonds. The molecule has 5 nitrogen and oxygen atoms in total. The number of carbonyl (C=O) groups excluding carboxylic acids is 1. The van der Waals surface area contributed by atoms with Crippen LogP contribution in [0.5, 0.6) is 0 Å². The van der Waals surface area contributed by atoms with Gasteiger partial charge in [0.25, 0.3) is 0 Å². The van der Waals surface area contributed by atoms with Crippen molar-refractivity contribution in [1.29, 1.82) is 0 Å². The largest absolute Gasteiger partial charge is 0.361 e. The molecule has 0 saturated carbocycles. The van der Waals surface area contributed by atoms with Crippen LogP contribution in [0, 0.1) is 13.8 Å². The molecule has 2 aromatic rings. The highest BCUT2D eigenvalue weighted by Gasteiger charge is 2.11. The van der Waals surface area contributed by atoms with Gasteiger partial charge in [-0.3, -0.25) is 9.00 Å². The third-order valence-electron chi connectivity index (χ3n) is 2.61. The van der Waals surface area contributed by atoms with E-state index in [1.165, 1.54) is 0 Å². The number of aryl methyl sites for hydroxylation is 2. The summed E-state index contributed by atoms with van der Waals surface area (Å²) in [6, 6.07) is 9.17. The summed E-state index contributed by atoms with van der Waals surface area (Å²) in [6.07, 6.45) is 0. The van der Waals surface area contributed by atoms with Crippen LogP contribution in [0.3, 0.4) is 0 Å². The van der Waals surface area contributed by atoms with Crippen LogP contribution in [0.25, 0.3) is 0 Å². The minimum absolute atomic E-state index is 0.0558. The second-order valence-corrected chi connectivity index (χ2v) is 6.03. The highest BCUT2D eigenvalue weighted by atomic mass is 32.2. The molecule has 0 aliphatic rings. The van der Waals surface area contributed by atoms with Gasteiger partial charge in [-0.15, -0.1) is 0 Å². The number of amides is 1. The quantitative estimate of drug-likeness (QED) is 0.916. The van der Waals surface area contributed by atoms with Crippen LogP contribution in [0.1, 0.15) is 17.0 Å². The number of carbonyl (C=O) groups is 1. The number of anilines is 1. The van der Waals surface area contributed by atoms with Crippen molar-refractivity contribution in [2.75, 3.05) is 11.1 Å². The molecule has 0 spiro atoms. The van der Waals surface area contributed by atoms with Crippen LogP contribution in [0.2, 0.25) is 0 Å². The maximum absolute atomic E-state index is 11.8. The Labute approximate surface area is 119 Å². The van der Waals surface area contributed by atoms with Crippen molar-refractivity contribution >= 4 is 22.4 Å². The lowest BCUT2D eigenvalue weighted by atomic mass is 10.2. The number of benzene rings is 1. The van der Waals surface area contributed by atoms with E-state index in [0.29, 0.717) is 17.1 Å². The molecule has 20 heavy (non-hydrogen) atoms. The molecule has 0 aliphatic heterocycles. The lowest BCUT2D eigenvalue weighted by molar-refractivity contribution is -0.113. The van der Waals surface area contributed by atoms with Crippen molar-refractivity contribution in [2.45, 2.75) is 19.6 Å². The molecule has 0 aliphatic carbocycles. The smallest absolute Gasteiger partial charge is 0.237 e. The van der Waals surface area contributed by atoms with Gasteiger partial charge in [0.2, 0.25) is 5.91 Å². The second-order valence-electron chi connectivity index (χ2n) is 4.57. The zero-order valence-corrected chi connectivity index (χ0v) is 12.2. The first kappa shape index (κ1) is 14.5. The molecule has 0 unspecified atom stereocenters. The minimum atomic E-state index is -1.30. The topological polar surface area (TPSA) is 72.2 Å². The first-order chi connectivity index (χ1) is 9.52. The molecular formula is C14H16N2O3S. The fourth-order valence-corrected chi connectivity index (χ4v) is 2.61. The number of rotatable bonds is 5. The molecule has 1 N–H and O–H groups in total. The fraction of sp³-hybridized carbons (Fsp3) is 0.286. The average molecular weight is 292 g/mol. The average Bonchev–Trinajstić information content (AvgIpc) is 2.77. The Hall–Kier alpha value is -1.95. The van der Waals surface area contributed by atoms with Gasteiger partial charge < -0.3 is 9.84 Å². The molecule has 1 aromatic heterocycles. The van der Waals surface area contributed by atoms with Crippen LogP contribution in [0.15, 0.2) is 34.9 Å². The summed E-state index contributed by atoms with van der Waals surface area (Å²) < 4.78 is 16.7. The number of hydrogen-bond acceptors (Lipinski definition) is 4. The Kier molecular flexibility index (Phi) is 4.68. The molecule has 2 rings (SSSR count). The Morgan fingerprint density at radius 3 is 2.60 bits per heavy atom. The van der Waals surface area contributed by atoms with Gasteiger partial charge in [0.15, 0.2) is 0 Å². The van der Waals surface area contributed by atoms with Gasteiger partial charge in [-0.2, -0.15) is 0 Å². The first-order valence-corrected chi connectivity index (χ1v) is 7.65. The molecule has 0 fully saturated rings. The summed E-state index contributed by atoms with van der Waals surface area (Å²) in [4.78, 5) is 11.8. The van der Waals surface area contributed by atoms with Gasteiger partial charge in [0.1, 0.15) is 11.5 Å². The van der Waals surface area contributed by atoms with E-state index in [-0.39, 0.29) is 17.4 Å². The number of nitrogens with one attached hydrogen (secondary N) is 1. The van der Waals surface area contributed by atoms with E-state index in [0.717, 1.165) is 5.56 Å². The summed E-state index contributed by atoms with van der Waals surface area (Å²) in [5.41, 5.74) is 2.42. The van der Waals surface area contributed by atoms with Gasteiger partial charge in [-0.25, -0.2) is 0 Å². The SMILES string of the molecule is Cc1ccc(NC(=O)C[S@](=O)Cc2cc(C)on2)cc1. The Morgan fingerprint density at radius 2 is 2.00 bits per heavy atom.